The number of pyridine rings is 1. The van der Waals surface area contributed by atoms with Gasteiger partial charge in [-0.05, 0) is 54.7 Å². The van der Waals surface area contributed by atoms with Gasteiger partial charge in [-0.1, -0.05) is 42.5 Å². The summed E-state index contributed by atoms with van der Waals surface area (Å²) in [4.78, 5) is 16.6. The molecule has 0 spiro atoms. The molecule has 0 fully saturated rings. The van der Waals surface area contributed by atoms with Crippen molar-refractivity contribution >= 4 is 11.7 Å². The predicted octanol–water partition coefficient (Wildman–Crippen LogP) is 4.11. The number of nitrogens with one attached hydrogen (secondary N) is 2. The summed E-state index contributed by atoms with van der Waals surface area (Å²) in [6.45, 7) is 1.42. The fourth-order valence-corrected chi connectivity index (χ4v) is 3.00. The Hall–Kier alpha value is -3.34. The third-order valence-electron chi connectivity index (χ3n) is 4.68. The molecule has 0 bridgehead atoms. The van der Waals surface area contributed by atoms with E-state index in [0.29, 0.717) is 12.1 Å². The average molecular weight is 389 g/mol. The number of aryl methyl sites for hydroxylation is 1. The molecule has 0 saturated heterocycles. The highest BCUT2D eigenvalue weighted by molar-refractivity contribution is 5.94. The van der Waals surface area contributed by atoms with Crippen LogP contribution in [0.25, 0.3) is 0 Å². The van der Waals surface area contributed by atoms with Crippen LogP contribution in [-0.4, -0.2) is 31.1 Å². The van der Waals surface area contributed by atoms with Crippen LogP contribution in [0.5, 0.6) is 5.75 Å². The number of amides is 1. The normalized spacial score (nSPS) is 10.4. The summed E-state index contributed by atoms with van der Waals surface area (Å²) in [6.07, 6.45) is 4.44. The molecule has 2 N–H and O–H groups in total. The number of hydrogen-bond acceptors (Lipinski definition) is 4. The lowest BCUT2D eigenvalue weighted by Gasteiger charge is -2.08. The molecule has 29 heavy (non-hydrogen) atoms. The van der Waals surface area contributed by atoms with Gasteiger partial charge in [-0.15, -0.1) is 0 Å². The van der Waals surface area contributed by atoms with Crippen LogP contribution in [-0.2, 0) is 12.8 Å². The average Bonchev–Trinajstić information content (AvgIpc) is 2.78. The lowest BCUT2D eigenvalue weighted by atomic mass is 10.1. The van der Waals surface area contributed by atoms with Crippen molar-refractivity contribution < 1.29 is 9.53 Å². The Labute approximate surface area is 172 Å². The van der Waals surface area contributed by atoms with Crippen molar-refractivity contribution in [2.45, 2.75) is 19.3 Å². The number of anilines is 1. The summed E-state index contributed by atoms with van der Waals surface area (Å²) < 4.78 is 5.15. The maximum atomic E-state index is 12.3. The molecule has 150 valence electrons. The largest absolute Gasteiger partial charge is 0.497 e. The van der Waals surface area contributed by atoms with Gasteiger partial charge in [0.15, 0.2) is 0 Å². The molecule has 2 aromatic carbocycles. The van der Waals surface area contributed by atoms with Crippen molar-refractivity contribution in [3.8, 4) is 5.75 Å². The van der Waals surface area contributed by atoms with Crippen molar-refractivity contribution in [1.82, 2.24) is 10.3 Å². The Morgan fingerprint density at radius 1 is 0.897 bits per heavy atom. The van der Waals surface area contributed by atoms with Crippen molar-refractivity contribution in [3.05, 3.63) is 89.6 Å². The molecule has 1 heterocycles. The molecule has 1 aromatic heterocycles. The van der Waals surface area contributed by atoms with Crippen LogP contribution in [0.2, 0.25) is 0 Å². The van der Waals surface area contributed by atoms with Crippen LogP contribution in [0.4, 0.5) is 5.82 Å². The SMILES string of the molecule is COc1ccc(CCNC(=O)c2ccc(NCCCc3ccccc3)nc2)cc1. The zero-order valence-electron chi connectivity index (χ0n) is 16.7. The molecule has 0 radical (unpaired) electrons. The fourth-order valence-electron chi connectivity index (χ4n) is 3.00. The predicted molar refractivity (Wildman–Crippen MR) is 117 cm³/mol. The first-order valence-electron chi connectivity index (χ1n) is 9.89. The Kier molecular flexibility index (Phi) is 7.63. The van der Waals surface area contributed by atoms with Gasteiger partial charge in [0.25, 0.3) is 5.91 Å². The zero-order valence-corrected chi connectivity index (χ0v) is 16.7. The lowest BCUT2D eigenvalue weighted by Crippen LogP contribution is -2.25. The van der Waals surface area contributed by atoms with E-state index in [1.54, 1.807) is 19.4 Å². The van der Waals surface area contributed by atoms with E-state index in [2.05, 4.69) is 39.9 Å². The van der Waals surface area contributed by atoms with E-state index in [4.69, 9.17) is 4.74 Å². The number of hydrogen-bond donors (Lipinski definition) is 2. The highest BCUT2D eigenvalue weighted by Gasteiger charge is 2.06. The lowest BCUT2D eigenvalue weighted by molar-refractivity contribution is 0.0954. The number of aromatic nitrogens is 1. The molecule has 5 heteroatoms. The van der Waals surface area contributed by atoms with Gasteiger partial charge in [0.2, 0.25) is 0 Å². The van der Waals surface area contributed by atoms with Crippen molar-refractivity contribution in [1.29, 1.82) is 0 Å². The minimum Gasteiger partial charge on any atom is -0.497 e. The van der Waals surface area contributed by atoms with Gasteiger partial charge in [0, 0.05) is 19.3 Å². The van der Waals surface area contributed by atoms with Crippen LogP contribution in [0.3, 0.4) is 0 Å². The van der Waals surface area contributed by atoms with E-state index >= 15 is 0 Å². The van der Waals surface area contributed by atoms with Crippen molar-refractivity contribution in [2.24, 2.45) is 0 Å². The van der Waals surface area contributed by atoms with Gasteiger partial charge < -0.3 is 15.4 Å². The van der Waals surface area contributed by atoms with Gasteiger partial charge in [-0.25, -0.2) is 4.98 Å². The summed E-state index contributed by atoms with van der Waals surface area (Å²) in [7, 11) is 1.65. The van der Waals surface area contributed by atoms with E-state index in [1.165, 1.54) is 5.56 Å². The number of carbonyl (C=O) groups excluding carboxylic acids is 1. The van der Waals surface area contributed by atoms with E-state index in [9.17, 15) is 4.79 Å². The molecule has 0 atom stereocenters. The first-order valence-corrected chi connectivity index (χ1v) is 9.89. The van der Waals surface area contributed by atoms with Crippen LogP contribution >= 0.6 is 0 Å². The maximum Gasteiger partial charge on any atom is 0.252 e. The molecule has 0 aliphatic rings. The number of carbonyl (C=O) groups is 1. The molecule has 1 amide bonds. The molecule has 3 aromatic rings. The van der Waals surface area contributed by atoms with Crippen molar-refractivity contribution in [3.63, 3.8) is 0 Å². The second-order valence-electron chi connectivity index (χ2n) is 6.80. The number of ether oxygens (including phenoxy) is 1. The van der Waals surface area contributed by atoms with Crippen LogP contribution < -0.4 is 15.4 Å². The number of benzene rings is 2. The molecular formula is C24H27N3O2. The Morgan fingerprint density at radius 2 is 1.66 bits per heavy atom. The molecule has 0 aliphatic heterocycles. The first-order chi connectivity index (χ1) is 14.2. The van der Waals surface area contributed by atoms with Crippen LogP contribution in [0.1, 0.15) is 27.9 Å². The van der Waals surface area contributed by atoms with Gasteiger partial charge in [-0.3, -0.25) is 4.79 Å². The van der Waals surface area contributed by atoms with Gasteiger partial charge in [-0.2, -0.15) is 0 Å². The first kappa shape index (κ1) is 20.4. The van der Waals surface area contributed by atoms with Gasteiger partial charge in [0.1, 0.15) is 11.6 Å². The minimum absolute atomic E-state index is 0.110. The second-order valence-corrected chi connectivity index (χ2v) is 6.80. The Balaban J connectivity index is 1.37. The third kappa shape index (κ3) is 6.64. The van der Waals surface area contributed by atoms with Crippen molar-refractivity contribution in [2.75, 3.05) is 25.5 Å². The standard InChI is InChI=1S/C24H27N3O2/c1-29-22-12-9-20(10-13-22)15-17-26-24(28)21-11-14-23(27-18-21)25-16-5-8-19-6-3-2-4-7-19/h2-4,6-7,9-14,18H,5,8,15-17H2,1H3,(H,25,27)(H,26,28). The highest BCUT2D eigenvalue weighted by Crippen LogP contribution is 2.11. The highest BCUT2D eigenvalue weighted by atomic mass is 16.5. The Bertz CT molecular complexity index is 878. The second kappa shape index (κ2) is 10.9. The van der Waals surface area contributed by atoms with Crippen LogP contribution in [0, 0.1) is 0 Å². The van der Waals surface area contributed by atoms with E-state index in [1.807, 2.05) is 36.4 Å². The number of nitrogens with zero attached hydrogens (tertiary/aromatic N) is 1. The Morgan fingerprint density at radius 3 is 2.34 bits per heavy atom. The maximum absolute atomic E-state index is 12.3. The fraction of sp³-hybridized carbons (Fsp3) is 0.250. The molecule has 5 nitrogen and oxygen atoms in total. The quantitative estimate of drug-likeness (QED) is 0.512. The minimum atomic E-state index is -0.110. The zero-order chi connectivity index (χ0) is 20.3. The molecule has 3 rings (SSSR count). The number of rotatable bonds is 10. The number of methoxy groups -OCH3 is 1. The molecular weight excluding hydrogens is 362 g/mol. The third-order valence-corrected chi connectivity index (χ3v) is 4.68. The smallest absolute Gasteiger partial charge is 0.252 e. The summed E-state index contributed by atoms with van der Waals surface area (Å²) in [5.41, 5.74) is 3.05. The van der Waals surface area contributed by atoms with E-state index in [0.717, 1.165) is 42.9 Å². The van der Waals surface area contributed by atoms with Gasteiger partial charge in [0.05, 0.1) is 12.7 Å². The summed E-state index contributed by atoms with van der Waals surface area (Å²) in [5.74, 6) is 1.51. The summed E-state index contributed by atoms with van der Waals surface area (Å²) in [5, 5.41) is 6.24. The topological polar surface area (TPSA) is 63.2 Å². The molecule has 0 saturated carbocycles. The molecule has 0 aliphatic carbocycles. The van der Waals surface area contributed by atoms with E-state index < -0.39 is 0 Å². The van der Waals surface area contributed by atoms with Gasteiger partial charge >= 0.3 is 0 Å². The summed E-state index contributed by atoms with van der Waals surface area (Å²) in [6, 6.07) is 21.9. The summed E-state index contributed by atoms with van der Waals surface area (Å²) >= 11 is 0. The monoisotopic (exact) mass is 389 g/mol. The van der Waals surface area contributed by atoms with E-state index in [-0.39, 0.29) is 5.91 Å². The van der Waals surface area contributed by atoms with Crippen LogP contribution in [0.15, 0.2) is 72.9 Å². The molecule has 0 unspecified atom stereocenters.